The van der Waals surface area contributed by atoms with Gasteiger partial charge < -0.3 is 19.7 Å². The molecule has 2 saturated heterocycles. The van der Waals surface area contributed by atoms with Gasteiger partial charge in [0.1, 0.15) is 11.9 Å². The summed E-state index contributed by atoms with van der Waals surface area (Å²) in [6.07, 6.45) is -4.84. The minimum absolute atomic E-state index is 0.0574. The summed E-state index contributed by atoms with van der Waals surface area (Å²) in [5.74, 6) is -3.25. The highest BCUT2D eigenvalue weighted by Crippen LogP contribution is 2.28. The summed E-state index contributed by atoms with van der Waals surface area (Å²) in [4.78, 5) is 54.2. The normalized spacial score (nSPS) is 18.6. The van der Waals surface area contributed by atoms with Crippen LogP contribution in [0.1, 0.15) is 6.92 Å². The number of alkyl halides is 2. The van der Waals surface area contributed by atoms with Crippen LogP contribution in [0, 0.1) is 5.82 Å². The zero-order chi connectivity index (χ0) is 24.8. The standard InChI is InChI=1S/C20H23F3N4O7/c1-12(28)32-11-17(29)27-5-4-25(6-7-33-27)16-3-2-13(8-15(16)21)26-10-14(34-20(26)31)9-24-19(30)18(22)23/h2-3,8,14,18H,4-7,9-11H2,1H3,(H,24,30)/t14-/m0/s1. The van der Waals surface area contributed by atoms with Gasteiger partial charge in [-0.2, -0.15) is 8.78 Å². The lowest BCUT2D eigenvalue weighted by Crippen LogP contribution is -2.37. The molecule has 1 aromatic carbocycles. The minimum atomic E-state index is -3.18. The first kappa shape index (κ1) is 25.1. The largest absolute Gasteiger partial charge is 0.456 e. The van der Waals surface area contributed by atoms with E-state index in [0.717, 1.165) is 16.0 Å². The molecular formula is C20H23F3N4O7. The van der Waals surface area contributed by atoms with Crippen LogP contribution in [0.2, 0.25) is 0 Å². The lowest BCUT2D eigenvalue weighted by Gasteiger charge is -2.24. The Hall–Kier alpha value is -3.55. The van der Waals surface area contributed by atoms with Crippen molar-refractivity contribution >= 4 is 35.3 Å². The number of cyclic esters (lactones) is 1. The Morgan fingerprint density at radius 3 is 2.68 bits per heavy atom. The van der Waals surface area contributed by atoms with Crippen molar-refractivity contribution in [3.8, 4) is 0 Å². The van der Waals surface area contributed by atoms with E-state index in [2.05, 4.69) is 4.74 Å². The summed E-state index contributed by atoms with van der Waals surface area (Å²) in [5.41, 5.74) is 0.410. The van der Waals surface area contributed by atoms with Gasteiger partial charge in [0.05, 0.1) is 37.6 Å². The maximum Gasteiger partial charge on any atom is 0.414 e. The molecule has 0 aliphatic carbocycles. The van der Waals surface area contributed by atoms with Crippen molar-refractivity contribution in [3.05, 3.63) is 24.0 Å². The van der Waals surface area contributed by atoms with Crippen molar-refractivity contribution < 1.29 is 46.7 Å². The number of halogens is 3. The molecule has 2 fully saturated rings. The van der Waals surface area contributed by atoms with Crippen LogP contribution in [0.4, 0.5) is 29.3 Å². The fraction of sp³-hybridized carbons (Fsp3) is 0.500. The van der Waals surface area contributed by atoms with E-state index >= 15 is 0 Å². The Balaban J connectivity index is 1.59. The molecule has 34 heavy (non-hydrogen) atoms. The minimum Gasteiger partial charge on any atom is -0.456 e. The number of nitrogens with zero attached hydrogens (tertiary/aromatic N) is 3. The highest BCUT2D eigenvalue weighted by molar-refractivity contribution is 5.90. The Bertz CT molecular complexity index is 949. The van der Waals surface area contributed by atoms with E-state index in [1.165, 1.54) is 19.1 Å². The molecule has 186 valence electrons. The van der Waals surface area contributed by atoms with Gasteiger partial charge in [-0.1, -0.05) is 0 Å². The molecule has 0 unspecified atom stereocenters. The number of hydroxylamine groups is 2. The van der Waals surface area contributed by atoms with E-state index in [0.29, 0.717) is 0 Å². The van der Waals surface area contributed by atoms with Gasteiger partial charge in [0.15, 0.2) is 6.61 Å². The molecule has 3 amide bonds. The topological polar surface area (TPSA) is 118 Å². The Morgan fingerprint density at radius 2 is 2.00 bits per heavy atom. The fourth-order valence-electron chi connectivity index (χ4n) is 3.37. The molecule has 14 heteroatoms. The molecule has 0 spiro atoms. The summed E-state index contributed by atoms with van der Waals surface area (Å²) in [7, 11) is 0. The lowest BCUT2D eigenvalue weighted by atomic mass is 10.2. The first-order chi connectivity index (χ1) is 16.2. The highest BCUT2D eigenvalue weighted by atomic mass is 19.3. The predicted octanol–water partition coefficient (Wildman–Crippen LogP) is 0.675. The summed E-state index contributed by atoms with van der Waals surface area (Å²) >= 11 is 0. The monoisotopic (exact) mass is 488 g/mol. The molecule has 2 aliphatic heterocycles. The SMILES string of the molecule is CC(=O)OCC(=O)N1CCN(c2ccc(N3C[C@H](CNC(=O)C(F)F)OC3=O)cc2F)CCO1. The molecule has 3 rings (SSSR count). The van der Waals surface area contributed by atoms with E-state index in [1.54, 1.807) is 4.90 Å². The van der Waals surface area contributed by atoms with Gasteiger partial charge in [0.2, 0.25) is 0 Å². The van der Waals surface area contributed by atoms with Crippen LogP contribution in [0.15, 0.2) is 18.2 Å². The fourth-order valence-corrected chi connectivity index (χ4v) is 3.37. The molecule has 0 bridgehead atoms. The summed E-state index contributed by atoms with van der Waals surface area (Å²) in [6, 6.07) is 4.08. The maximum atomic E-state index is 14.9. The molecule has 2 aliphatic rings. The van der Waals surface area contributed by atoms with Crippen LogP contribution >= 0.6 is 0 Å². The van der Waals surface area contributed by atoms with Gasteiger partial charge in [-0.05, 0) is 18.2 Å². The number of ether oxygens (including phenoxy) is 2. The number of rotatable bonds is 7. The first-order valence-electron chi connectivity index (χ1n) is 10.3. The van der Waals surface area contributed by atoms with Crippen molar-refractivity contribution in [2.45, 2.75) is 19.5 Å². The molecule has 1 aromatic rings. The molecular weight excluding hydrogens is 465 g/mol. The van der Waals surface area contributed by atoms with E-state index in [9.17, 15) is 32.3 Å². The predicted molar refractivity (Wildman–Crippen MR) is 110 cm³/mol. The smallest absolute Gasteiger partial charge is 0.414 e. The van der Waals surface area contributed by atoms with Crippen molar-refractivity contribution in [2.24, 2.45) is 0 Å². The Kier molecular flexibility index (Phi) is 8.15. The Morgan fingerprint density at radius 1 is 1.24 bits per heavy atom. The number of amides is 3. The van der Waals surface area contributed by atoms with Crippen LogP contribution in [-0.2, 0) is 28.7 Å². The van der Waals surface area contributed by atoms with Crippen LogP contribution in [0.25, 0.3) is 0 Å². The quantitative estimate of drug-likeness (QED) is 0.557. The third-order valence-electron chi connectivity index (χ3n) is 5.02. The summed E-state index contributed by atoms with van der Waals surface area (Å²) in [5, 5.41) is 3.03. The average Bonchev–Trinajstić information content (AvgIpc) is 3.00. The summed E-state index contributed by atoms with van der Waals surface area (Å²) < 4.78 is 49.2. The summed E-state index contributed by atoms with van der Waals surface area (Å²) in [6.45, 7) is 1.05. The third-order valence-corrected chi connectivity index (χ3v) is 5.02. The number of carbonyl (C=O) groups excluding carboxylic acids is 4. The number of benzene rings is 1. The molecule has 0 saturated carbocycles. The van der Waals surface area contributed by atoms with Gasteiger partial charge in [-0.25, -0.2) is 14.2 Å². The van der Waals surface area contributed by atoms with Gasteiger partial charge in [-0.3, -0.25) is 24.1 Å². The third kappa shape index (κ3) is 6.27. The van der Waals surface area contributed by atoms with Crippen LogP contribution in [-0.4, -0.2) is 87.4 Å². The number of nitrogens with one attached hydrogen (secondary N) is 1. The van der Waals surface area contributed by atoms with Crippen LogP contribution < -0.4 is 15.1 Å². The van der Waals surface area contributed by atoms with Crippen molar-refractivity contribution in [2.75, 3.05) is 55.7 Å². The zero-order valence-corrected chi connectivity index (χ0v) is 18.2. The van der Waals surface area contributed by atoms with Gasteiger partial charge in [0.25, 0.3) is 11.8 Å². The molecule has 0 aromatic heterocycles. The van der Waals surface area contributed by atoms with E-state index in [4.69, 9.17) is 9.57 Å². The van der Waals surface area contributed by atoms with E-state index < -0.39 is 48.8 Å². The van der Waals surface area contributed by atoms with Crippen LogP contribution in [0.5, 0.6) is 0 Å². The van der Waals surface area contributed by atoms with Crippen molar-refractivity contribution in [3.63, 3.8) is 0 Å². The number of anilines is 2. The van der Waals surface area contributed by atoms with Gasteiger partial charge in [-0.15, -0.1) is 0 Å². The second-order valence-electron chi connectivity index (χ2n) is 7.39. The van der Waals surface area contributed by atoms with Gasteiger partial charge in [0, 0.05) is 20.0 Å². The molecule has 1 N–H and O–H groups in total. The molecule has 11 nitrogen and oxygen atoms in total. The number of esters is 1. The average molecular weight is 488 g/mol. The number of carbonyl (C=O) groups is 4. The van der Waals surface area contributed by atoms with Crippen molar-refractivity contribution in [1.29, 1.82) is 0 Å². The van der Waals surface area contributed by atoms with Gasteiger partial charge >= 0.3 is 18.5 Å². The van der Waals surface area contributed by atoms with Crippen LogP contribution in [0.3, 0.4) is 0 Å². The first-order valence-corrected chi connectivity index (χ1v) is 10.3. The highest BCUT2D eigenvalue weighted by Gasteiger charge is 2.33. The lowest BCUT2D eigenvalue weighted by molar-refractivity contribution is -0.187. The molecule has 1 atom stereocenters. The van der Waals surface area contributed by atoms with E-state index in [-0.39, 0.29) is 50.7 Å². The molecule has 0 radical (unpaired) electrons. The zero-order valence-electron chi connectivity index (χ0n) is 18.2. The maximum absolute atomic E-state index is 14.9. The number of hydrogen-bond acceptors (Lipinski definition) is 8. The second kappa shape index (κ2) is 11.0. The Labute approximate surface area is 192 Å². The van der Waals surface area contributed by atoms with E-state index in [1.807, 2.05) is 5.32 Å². The van der Waals surface area contributed by atoms with Crippen molar-refractivity contribution in [1.82, 2.24) is 10.4 Å². The number of hydrogen-bond donors (Lipinski definition) is 1. The molecule has 2 heterocycles. The second-order valence-corrected chi connectivity index (χ2v) is 7.39.